The number of hydrogen-bond donors (Lipinski definition) is 2. The van der Waals surface area contributed by atoms with E-state index >= 15 is 0 Å². The molecule has 0 saturated heterocycles. The van der Waals surface area contributed by atoms with Crippen LogP contribution in [-0.4, -0.2) is 23.5 Å². The lowest BCUT2D eigenvalue weighted by Gasteiger charge is -2.28. The molecule has 2 N–H and O–H groups in total. The number of pyridine rings is 1. The van der Waals surface area contributed by atoms with Crippen molar-refractivity contribution < 1.29 is 4.79 Å². The molecule has 0 radical (unpaired) electrons. The first-order valence-corrected chi connectivity index (χ1v) is 7.80. The number of nitrogens with zero attached hydrogens (tertiary/aromatic N) is 1. The Morgan fingerprint density at radius 2 is 2.19 bits per heavy atom. The number of rotatable bonds is 7. The van der Waals surface area contributed by atoms with Gasteiger partial charge in [0.25, 0.3) is 0 Å². The van der Waals surface area contributed by atoms with Crippen LogP contribution in [0.1, 0.15) is 37.7 Å². The van der Waals surface area contributed by atoms with Crippen LogP contribution in [0.25, 0.3) is 0 Å². The Morgan fingerprint density at radius 3 is 2.86 bits per heavy atom. The molecule has 0 unspecified atom stereocenters. The maximum atomic E-state index is 12.2. The van der Waals surface area contributed by atoms with Gasteiger partial charge in [0.15, 0.2) is 0 Å². The predicted molar refractivity (Wildman–Crippen MR) is 84.6 cm³/mol. The minimum atomic E-state index is 0.166. The van der Waals surface area contributed by atoms with E-state index in [1.807, 2.05) is 18.2 Å². The fraction of sp³-hybridized carbons (Fsp3) is 0.529. The molecule has 1 fully saturated rings. The average molecular weight is 287 g/mol. The van der Waals surface area contributed by atoms with Gasteiger partial charge in [0.05, 0.1) is 0 Å². The van der Waals surface area contributed by atoms with Gasteiger partial charge in [-0.2, -0.15) is 0 Å². The second-order valence-electron chi connectivity index (χ2n) is 5.66. The molecule has 0 aromatic carbocycles. The molecule has 1 aliphatic carbocycles. The minimum Gasteiger partial charge on any atom is -0.352 e. The van der Waals surface area contributed by atoms with Crippen LogP contribution in [0, 0.1) is 5.92 Å². The summed E-state index contributed by atoms with van der Waals surface area (Å²) in [6, 6.07) is 4.43. The van der Waals surface area contributed by atoms with Crippen molar-refractivity contribution in [3.05, 3.63) is 42.7 Å². The van der Waals surface area contributed by atoms with Crippen LogP contribution in [0.3, 0.4) is 0 Å². The van der Waals surface area contributed by atoms with Crippen LogP contribution in [-0.2, 0) is 11.3 Å². The zero-order chi connectivity index (χ0) is 14.9. The number of carbonyl (C=O) groups excluding carboxylic acids is 1. The van der Waals surface area contributed by atoms with Gasteiger partial charge in [0.2, 0.25) is 5.91 Å². The van der Waals surface area contributed by atoms with Crippen LogP contribution in [0.4, 0.5) is 0 Å². The topological polar surface area (TPSA) is 54.0 Å². The van der Waals surface area contributed by atoms with Crippen LogP contribution in [0.15, 0.2) is 37.2 Å². The Balaban J connectivity index is 1.67. The van der Waals surface area contributed by atoms with Gasteiger partial charge in [-0.3, -0.25) is 9.78 Å². The van der Waals surface area contributed by atoms with Gasteiger partial charge >= 0.3 is 0 Å². The third kappa shape index (κ3) is 5.31. The summed E-state index contributed by atoms with van der Waals surface area (Å²) < 4.78 is 0. The molecule has 1 heterocycles. The summed E-state index contributed by atoms with van der Waals surface area (Å²) in [7, 11) is 0. The van der Waals surface area contributed by atoms with Crippen LogP contribution >= 0.6 is 0 Å². The van der Waals surface area contributed by atoms with Gasteiger partial charge in [-0.1, -0.05) is 12.1 Å². The Morgan fingerprint density at radius 1 is 1.38 bits per heavy atom. The predicted octanol–water partition coefficient (Wildman–Crippen LogP) is 2.42. The first kappa shape index (κ1) is 15.7. The van der Waals surface area contributed by atoms with Crippen molar-refractivity contribution in [2.45, 2.75) is 44.7 Å². The Hall–Kier alpha value is -1.68. The third-order valence-electron chi connectivity index (χ3n) is 4.07. The molecule has 1 aromatic heterocycles. The molecule has 4 nitrogen and oxygen atoms in total. The number of amides is 1. The fourth-order valence-corrected chi connectivity index (χ4v) is 2.79. The number of carbonyl (C=O) groups is 1. The van der Waals surface area contributed by atoms with Crippen molar-refractivity contribution in [1.29, 1.82) is 0 Å². The molecule has 21 heavy (non-hydrogen) atoms. The molecule has 0 aliphatic heterocycles. The first-order chi connectivity index (χ1) is 10.3. The van der Waals surface area contributed by atoms with Crippen molar-refractivity contribution in [3.63, 3.8) is 0 Å². The number of aromatic nitrogens is 1. The van der Waals surface area contributed by atoms with E-state index in [0.717, 1.165) is 44.2 Å². The highest BCUT2D eigenvalue weighted by atomic mass is 16.1. The van der Waals surface area contributed by atoms with E-state index in [-0.39, 0.29) is 11.8 Å². The zero-order valence-electron chi connectivity index (χ0n) is 12.6. The molecule has 0 bridgehead atoms. The van der Waals surface area contributed by atoms with Gasteiger partial charge in [-0.05, 0) is 50.3 Å². The van der Waals surface area contributed by atoms with Gasteiger partial charge < -0.3 is 10.6 Å². The highest BCUT2D eigenvalue weighted by Crippen LogP contribution is 2.24. The van der Waals surface area contributed by atoms with Crippen molar-refractivity contribution in [3.8, 4) is 0 Å². The van der Waals surface area contributed by atoms with E-state index in [1.54, 1.807) is 12.4 Å². The smallest absolute Gasteiger partial charge is 0.223 e. The van der Waals surface area contributed by atoms with E-state index in [0.29, 0.717) is 12.6 Å². The Labute approximate surface area is 127 Å². The molecule has 4 heteroatoms. The average Bonchev–Trinajstić information content (AvgIpc) is 2.54. The monoisotopic (exact) mass is 287 g/mol. The van der Waals surface area contributed by atoms with Gasteiger partial charge in [-0.25, -0.2) is 0 Å². The van der Waals surface area contributed by atoms with Crippen LogP contribution in [0.5, 0.6) is 0 Å². The van der Waals surface area contributed by atoms with Crippen LogP contribution in [0.2, 0.25) is 0 Å². The third-order valence-corrected chi connectivity index (χ3v) is 4.07. The number of nitrogens with one attached hydrogen (secondary N) is 2. The van der Waals surface area contributed by atoms with Crippen molar-refractivity contribution in [2.75, 3.05) is 6.54 Å². The molecule has 2 rings (SSSR count). The normalized spacial score (nSPS) is 21.7. The highest BCUT2D eigenvalue weighted by molar-refractivity contribution is 5.78. The van der Waals surface area contributed by atoms with E-state index < -0.39 is 0 Å². The van der Waals surface area contributed by atoms with E-state index in [9.17, 15) is 4.79 Å². The maximum absolute atomic E-state index is 12.2. The summed E-state index contributed by atoms with van der Waals surface area (Å²) in [6.07, 6.45) is 10.6. The van der Waals surface area contributed by atoms with Crippen molar-refractivity contribution >= 4 is 5.91 Å². The lowest BCUT2D eigenvalue weighted by atomic mass is 9.85. The molecule has 1 aliphatic rings. The summed E-state index contributed by atoms with van der Waals surface area (Å²) in [5, 5.41) is 6.55. The van der Waals surface area contributed by atoms with E-state index in [2.05, 4.69) is 22.2 Å². The molecule has 1 amide bonds. The summed E-state index contributed by atoms with van der Waals surface area (Å²) >= 11 is 0. The van der Waals surface area contributed by atoms with E-state index in [1.165, 1.54) is 0 Å². The summed E-state index contributed by atoms with van der Waals surface area (Å²) in [5.41, 5.74) is 1.05. The molecule has 0 atom stereocenters. The fourth-order valence-electron chi connectivity index (χ4n) is 2.79. The summed E-state index contributed by atoms with van der Waals surface area (Å²) in [5.74, 6) is 0.350. The lowest BCUT2D eigenvalue weighted by Crippen LogP contribution is -2.38. The quantitative estimate of drug-likeness (QED) is 0.598. The largest absolute Gasteiger partial charge is 0.352 e. The molecule has 1 aromatic rings. The second-order valence-corrected chi connectivity index (χ2v) is 5.66. The Kier molecular flexibility index (Phi) is 6.41. The first-order valence-electron chi connectivity index (χ1n) is 7.80. The van der Waals surface area contributed by atoms with Crippen molar-refractivity contribution in [1.82, 2.24) is 15.6 Å². The van der Waals surface area contributed by atoms with Gasteiger partial charge in [-0.15, -0.1) is 6.58 Å². The molecule has 114 valence electrons. The molecule has 0 spiro atoms. The summed E-state index contributed by atoms with van der Waals surface area (Å²) in [6.45, 7) is 5.29. The highest BCUT2D eigenvalue weighted by Gasteiger charge is 2.25. The second kappa shape index (κ2) is 8.57. The SMILES string of the molecule is C=CCCNC1CCC(C(=O)NCc2cccnc2)CC1. The van der Waals surface area contributed by atoms with Gasteiger partial charge in [0.1, 0.15) is 0 Å². The van der Waals surface area contributed by atoms with Crippen LogP contribution < -0.4 is 10.6 Å². The molecule has 1 saturated carbocycles. The lowest BCUT2D eigenvalue weighted by molar-refractivity contribution is -0.126. The van der Waals surface area contributed by atoms with Crippen molar-refractivity contribution in [2.24, 2.45) is 5.92 Å². The number of hydrogen-bond acceptors (Lipinski definition) is 3. The summed E-state index contributed by atoms with van der Waals surface area (Å²) in [4.78, 5) is 16.2. The zero-order valence-corrected chi connectivity index (χ0v) is 12.6. The molecular weight excluding hydrogens is 262 g/mol. The van der Waals surface area contributed by atoms with Gasteiger partial charge in [0, 0.05) is 30.9 Å². The molecular formula is C17H25N3O. The maximum Gasteiger partial charge on any atom is 0.223 e. The minimum absolute atomic E-state index is 0.166. The van der Waals surface area contributed by atoms with E-state index in [4.69, 9.17) is 0 Å². The Bertz CT molecular complexity index is 439. The standard InChI is InChI=1S/C17H25N3O/c1-2-3-11-19-16-8-6-15(7-9-16)17(21)20-13-14-5-4-10-18-12-14/h2,4-5,10,12,15-16,19H,1,3,6-9,11,13H2,(H,20,21).